The standard InChI is InChI=1S/C22H26BrClN2O5S/c1-3-15-11-17(23)12-16(4-2)22(15)25-21(27)14-31-20-6-5-18(13-19(20)24)32(28,29)26-7-9-30-10-8-26/h5-6,11-13H,3-4,7-10,14H2,1-2H3,(H,25,27). The Hall–Kier alpha value is -1.65. The van der Waals surface area contributed by atoms with Crippen LogP contribution >= 0.6 is 27.5 Å². The Kier molecular flexibility index (Phi) is 8.57. The minimum atomic E-state index is -3.66. The van der Waals surface area contributed by atoms with Gasteiger partial charge in [0.15, 0.2) is 6.61 Å². The molecular formula is C22H26BrClN2O5S. The molecule has 1 aliphatic rings. The highest BCUT2D eigenvalue weighted by Crippen LogP contribution is 2.30. The van der Waals surface area contributed by atoms with Crippen LogP contribution in [0.4, 0.5) is 5.69 Å². The van der Waals surface area contributed by atoms with Gasteiger partial charge in [0.2, 0.25) is 10.0 Å². The number of nitrogens with zero attached hydrogens (tertiary/aromatic N) is 1. The van der Waals surface area contributed by atoms with Crippen LogP contribution in [0, 0.1) is 0 Å². The molecule has 0 aliphatic carbocycles. The van der Waals surface area contributed by atoms with Crippen molar-refractivity contribution in [3.63, 3.8) is 0 Å². The molecule has 10 heteroatoms. The fourth-order valence-corrected chi connectivity index (χ4v) is 5.74. The van der Waals surface area contributed by atoms with Gasteiger partial charge in [0.1, 0.15) is 5.75 Å². The molecule has 0 radical (unpaired) electrons. The number of aryl methyl sites for hydroxylation is 2. The summed E-state index contributed by atoms with van der Waals surface area (Å²) in [6.07, 6.45) is 1.54. The predicted octanol–water partition coefficient (Wildman–Crippen LogP) is 4.27. The first-order chi connectivity index (χ1) is 15.3. The molecule has 1 N–H and O–H groups in total. The number of anilines is 1. The number of carbonyl (C=O) groups excluding carboxylic acids is 1. The van der Waals surface area contributed by atoms with Crippen molar-refractivity contribution < 1.29 is 22.7 Å². The molecule has 0 bridgehead atoms. The first kappa shape index (κ1) is 25.0. The average Bonchev–Trinajstić information content (AvgIpc) is 2.79. The van der Waals surface area contributed by atoms with Crippen LogP contribution in [0.3, 0.4) is 0 Å². The molecule has 2 aromatic carbocycles. The maximum absolute atomic E-state index is 12.8. The Labute approximate surface area is 202 Å². The smallest absolute Gasteiger partial charge is 0.262 e. The zero-order valence-corrected chi connectivity index (χ0v) is 21.1. The topological polar surface area (TPSA) is 84.9 Å². The molecule has 7 nitrogen and oxygen atoms in total. The monoisotopic (exact) mass is 544 g/mol. The lowest BCUT2D eigenvalue weighted by atomic mass is 10.0. The van der Waals surface area contributed by atoms with Crippen LogP contribution in [-0.4, -0.2) is 51.5 Å². The second-order valence-electron chi connectivity index (χ2n) is 7.25. The van der Waals surface area contributed by atoms with E-state index >= 15 is 0 Å². The zero-order chi connectivity index (χ0) is 23.3. The highest BCUT2D eigenvalue weighted by atomic mass is 79.9. The van der Waals surface area contributed by atoms with E-state index in [0.717, 1.165) is 34.1 Å². The van der Waals surface area contributed by atoms with E-state index in [9.17, 15) is 13.2 Å². The summed E-state index contributed by atoms with van der Waals surface area (Å²) in [4.78, 5) is 12.6. The van der Waals surface area contributed by atoms with Crippen LogP contribution in [-0.2, 0) is 32.4 Å². The summed E-state index contributed by atoms with van der Waals surface area (Å²) >= 11 is 9.77. The van der Waals surface area contributed by atoms with Crippen molar-refractivity contribution in [3.05, 3.63) is 51.0 Å². The highest BCUT2D eigenvalue weighted by molar-refractivity contribution is 9.10. The van der Waals surface area contributed by atoms with Gasteiger partial charge in [0.05, 0.1) is 23.1 Å². The fourth-order valence-electron chi connectivity index (χ4n) is 3.46. The number of carbonyl (C=O) groups is 1. The molecule has 1 amide bonds. The van der Waals surface area contributed by atoms with Crippen LogP contribution < -0.4 is 10.1 Å². The quantitative estimate of drug-likeness (QED) is 0.536. The van der Waals surface area contributed by atoms with Crippen molar-refractivity contribution in [2.75, 3.05) is 38.2 Å². The van der Waals surface area contributed by atoms with E-state index in [1.54, 1.807) is 0 Å². The summed E-state index contributed by atoms with van der Waals surface area (Å²) < 4.78 is 38.7. The van der Waals surface area contributed by atoms with Gasteiger partial charge >= 0.3 is 0 Å². The third kappa shape index (κ3) is 5.82. The molecule has 174 valence electrons. The first-order valence-electron chi connectivity index (χ1n) is 10.4. The summed E-state index contributed by atoms with van der Waals surface area (Å²) in [7, 11) is -3.66. The van der Waals surface area contributed by atoms with Crippen molar-refractivity contribution in [2.24, 2.45) is 0 Å². The van der Waals surface area contributed by atoms with Crippen LogP contribution in [0.5, 0.6) is 5.75 Å². The predicted molar refractivity (Wildman–Crippen MR) is 128 cm³/mol. The number of hydrogen-bond acceptors (Lipinski definition) is 5. The van der Waals surface area contributed by atoms with Gasteiger partial charge in [-0.25, -0.2) is 8.42 Å². The Morgan fingerprint density at radius 2 is 1.78 bits per heavy atom. The van der Waals surface area contributed by atoms with E-state index in [4.69, 9.17) is 21.1 Å². The number of amides is 1. The second-order valence-corrected chi connectivity index (χ2v) is 10.5. The summed E-state index contributed by atoms with van der Waals surface area (Å²) in [5.41, 5.74) is 2.85. The van der Waals surface area contributed by atoms with Crippen molar-refractivity contribution in [1.29, 1.82) is 0 Å². The molecule has 1 heterocycles. The Morgan fingerprint density at radius 3 is 2.34 bits per heavy atom. The molecule has 1 fully saturated rings. The molecule has 32 heavy (non-hydrogen) atoms. The number of rotatable bonds is 8. The van der Waals surface area contributed by atoms with E-state index in [1.165, 1.54) is 22.5 Å². The molecule has 0 unspecified atom stereocenters. The zero-order valence-electron chi connectivity index (χ0n) is 18.0. The SMILES string of the molecule is CCc1cc(Br)cc(CC)c1NC(=O)COc1ccc(S(=O)(=O)N2CCOCC2)cc1Cl. The molecule has 0 aromatic heterocycles. The molecule has 0 saturated carbocycles. The number of sulfonamides is 1. The number of morpholine rings is 1. The molecule has 3 rings (SSSR count). The number of benzene rings is 2. The third-order valence-electron chi connectivity index (χ3n) is 5.16. The molecule has 1 saturated heterocycles. The molecule has 1 aliphatic heterocycles. The van der Waals surface area contributed by atoms with Crippen LogP contribution in [0.1, 0.15) is 25.0 Å². The molecular weight excluding hydrogens is 520 g/mol. The van der Waals surface area contributed by atoms with Gasteiger partial charge in [0.25, 0.3) is 5.91 Å². The minimum absolute atomic E-state index is 0.0799. The highest BCUT2D eigenvalue weighted by Gasteiger charge is 2.27. The minimum Gasteiger partial charge on any atom is -0.482 e. The Morgan fingerprint density at radius 1 is 1.16 bits per heavy atom. The van der Waals surface area contributed by atoms with Gasteiger partial charge in [-0.2, -0.15) is 4.31 Å². The Bertz CT molecular complexity index is 1060. The van der Waals surface area contributed by atoms with E-state index in [2.05, 4.69) is 21.2 Å². The summed E-state index contributed by atoms with van der Waals surface area (Å²) in [5, 5.41) is 3.06. The summed E-state index contributed by atoms with van der Waals surface area (Å²) in [6.45, 7) is 5.13. The van der Waals surface area contributed by atoms with Gasteiger partial charge in [-0.15, -0.1) is 0 Å². The van der Waals surface area contributed by atoms with Gasteiger partial charge < -0.3 is 14.8 Å². The second kappa shape index (κ2) is 11.0. The fraction of sp³-hybridized carbons (Fsp3) is 0.409. The van der Waals surface area contributed by atoms with Crippen LogP contribution in [0.15, 0.2) is 39.7 Å². The largest absolute Gasteiger partial charge is 0.482 e. The molecule has 0 spiro atoms. The van der Waals surface area contributed by atoms with Crippen molar-refractivity contribution in [2.45, 2.75) is 31.6 Å². The third-order valence-corrected chi connectivity index (χ3v) is 7.81. The van der Waals surface area contributed by atoms with E-state index in [-0.39, 0.29) is 28.2 Å². The number of halogens is 2. The van der Waals surface area contributed by atoms with Crippen molar-refractivity contribution >= 4 is 49.1 Å². The lowest BCUT2D eigenvalue weighted by Gasteiger charge is -2.26. The number of ether oxygens (including phenoxy) is 2. The Balaban J connectivity index is 1.68. The van der Waals surface area contributed by atoms with Gasteiger partial charge in [-0.1, -0.05) is 41.4 Å². The van der Waals surface area contributed by atoms with Crippen molar-refractivity contribution in [3.8, 4) is 5.75 Å². The molecule has 0 atom stereocenters. The van der Waals surface area contributed by atoms with Crippen molar-refractivity contribution in [1.82, 2.24) is 4.31 Å². The van der Waals surface area contributed by atoms with Gasteiger partial charge in [-0.3, -0.25) is 4.79 Å². The number of nitrogens with one attached hydrogen (secondary N) is 1. The number of hydrogen-bond donors (Lipinski definition) is 1. The van der Waals surface area contributed by atoms with E-state index in [1.807, 2.05) is 26.0 Å². The first-order valence-corrected chi connectivity index (χ1v) is 13.0. The van der Waals surface area contributed by atoms with Gasteiger partial charge in [0, 0.05) is 23.2 Å². The normalized spacial score (nSPS) is 14.9. The van der Waals surface area contributed by atoms with E-state index < -0.39 is 10.0 Å². The van der Waals surface area contributed by atoms with E-state index in [0.29, 0.717) is 26.3 Å². The average molecular weight is 546 g/mol. The summed E-state index contributed by atoms with van der Waals surface area (Å²) in [6, 6.07) is 8.22. The lowest BCUT2D eigenvalue weighted by Crippen LogP contribution is -2.40. The summed E-state index contributed by atoms with van der Waals surface area (Å²) in [5.74, 6) is -0.0808. The molecule has 2 aromatic rings. The lowest BCUT2D eigenvalue weighted by molar-refractivity contribution is -0.118. The van der Waals surface area contributed by atoms with Gasteiger partial charge in [-0.05, 0) is 54.3 Å². The van der Waals surface area contributed by atoms with Crippen LogP contribution in [0.25, 0.3) is 0 Å². The maximum Gasteiger partial charge on any atom is 0.262 e. The van der Waals surface area contributed by atoms with Crippen LogP contribution in [0.2, 0.25) is 5.02 Å². The maximum atomic E-state index is 12.8.